The zero-order chi connectivity index (χ0) is 11.3. The number of hydrogen-bond acceptors (Lipinski definition) is 3. The normalized spacial score (nSPS) is 8.79. The van der Waals surface area contributed by atoms with E-state index in [1.807, 2.05) is 13.8 Å². The molecule has 0 aliphatic rings. The van der Waals surface area contributed by atoms with Crippen LogP contribution in [0, 0.1) is 6.92 Å². The standard InChI is InChI=1S/C8H8O4.C2H6/c1-4-6(9)2-5(8(11)12)3-7(4)10;1-2/h2-3,9-10H,1H3,(H,11,12);1-2H3. The zero-order valence-electron chi connectivity index (χ0n) is 8.40. The van der Waals surface area contributed by atoms with Crippen LogP contribution in [0.15, 0.2) is 12.1 Å². The van der Waals surface area contributed by atoms with Gasteiger partial charge in [-0.3, -0.25) is 0 Å². The third kappa shape index (κ3) is 2.65. The number of phenolic OH excluding ortho intramolecular Hbond substituents is 2. The molecular formula is C10H14O4. The Kier molecular flexibility index (Phi) is 4.49. The van der Waals surface area contributed by atoms with Gasteiger partial charge in [0.15, 0.2) is 0 Å². The van der Waals surface area contributed by atoms with E-state index in [4.69, 9.17) is 15.3 Å². The van der Waals surface area contributed by atoms with E-state index in [1.165, 1.54) is 6.92 Å². The predicted molar refractivity (Wildman–Crippen MR) is 52.8 cm³/mol. The van der Waals surface area contributed by atoms with Crippen LogP contribution in [-0.4, -0.2) is 21.3 Å². The minimum absolute atomic E-state index is 0.129. The maximum Gasteiger partial charge on any atom is 0.335 e. The van der Waals surface area contributed by atoms with Crippen molar-refractivity contribution < 1.29 is 20.1 Å². The van der Waals surface area contributed by atoms with Gasteiger partial charge in [0.2, 0.25) is 0 Å². The molecule has 4 nitrogen and oxygen atoms in total. The lowest BCUT2D eigenvalue weighted by atomic mass is 10.1. The maximum absolute atomic E-state index is 10.4. The highest BCUT2D eigenvalue weighted by Crippen LogP contribution is 2.27. The molecule has 1 aromatic carbocycles. The van der Waals surface area contributed by atoms with E-state index in [0.717, 1.165) is 12.1 Å². The molecule has 1 rings (SSSR count). The number of rotatable bonds is 1. The molecule has 0 aliphatic carbocycles. The van der Waals surface area contributed by atoms with Gasteiger partial charge in [0, 0.05) is 5.56 Å². The molecule has 78 valence electrons. The number of phenols is 2. The predicted octanol–water partition coefficient (Wildman–Crippen LogP) is 2.13. The van der Waals surface area contributed by atoms with E-state index in [-0.39, 0.29) is 22.6 Å². The van der Waals surface area contributed by atoms with Gasteiger partial charge in [0.1, 0.15) is 11.5 Å². The van der Waals surface area contributed by atoms with E-state index in [1.54, 1.807) is 0 Å². The molecule has 0 amide bonds. The highest BCUT2D eigenvalue weighted by atomic mass is 16.4. The quantitative estimate of drug-likeness (QED) is 0.646. The van der Waals surface area contributed by atoms with E-state index in [2.05, 4.69) is 0 Å². The Morgan fingerprint density at radius 1 is 1.14 bits per heavy atom. The summed E-state index contributed by atoms with van der Waals surface area (Å²) in [6.45, 7) is 5.50. The first-order chi connectivity index (χ1) is 6.52. The molecule has 4 heteroatoms. The molecular weight excluding hydrogens is 184 g/mol. The second-order valence-electron chi connectivity index (χ2n) is 2.44. The summed E-state index contributed by atoms with van der Waals surface area (Å²) in [4.78, 5) is 10.4. The Bertz CT molecular complexity index is 308. The molecule has 1 aromatic rings. The van der Waals surface area contributed by atoms with Gasteiger partial charge in [0.05, 0.1) is 5.56 Å². The largest absolute Gasteiger partial charge is 0.508 e. The van der Waals surface area contributed by atoms with Crippen LogP contribution < -0.4 is 0 Å². The Labute approximate surface area is 82.4 Å². The Balaban J connectivity index is 0.000000791. The topological polar surface area (TPSA) is 77.8 Å². The Morgan fingerprint density at radius 3 is 1.79 bits per heavy atom. The van der Waals surface area contributed by atoms with Gasteiger partial charge >= 0.3 is 5.97 Å². The summed E-state index contributed by atoms with van der Waals surface area (Å²) in [5.74, 6) is -1.61. The van der Waals surface area contributed by atoms with E-state index in [9.17, 15) is 4.79 Å². The average molecular weight is 198 g/mol. The van der Waals surface area contributed by atoms with Crippen LogP contribution >= 0.6 is 0 Å². The molecule has 0 saturated carbocycles. The number of hydrogen-bond donors (Lipinski definition) is 3. The summed E-state index contributed by atoms with van der Waals surface area (Å²) < 4.78 is 0. The van der Waals surface area contributed by atoms with Crippen molar-refractivity contribution in [1.82, 2.24) is 0 Å². The maximum atomic E-state index is 10.4. The first kappa shape index (κ1) is 12.3. The number of benzene rings is 1. The van der Waals surface area contributed by atoms with Crippen molar-refractivity contribution in [2.75, 3.05) is 0 Å². The molecule has 0 bridgehead atoms. The van der Waals surface area contributed by atoms with Gasteiger partial charge in [-0.1, -0.05) is 13.8 Å². The average Bonchev–Trinajstić information content (AvgIpc) is 2.16. The SMILES string of the molecule is CC.Cc1c(O)cc(C(=O)O)cc1O. The highest BCUT2D eigenvalue weighted by Gasteiger charge is 2.09. The molecule has 0 radical (unpaired) electrons. The molecule has 0 saturated heterocycles. The van der Waals surface area contributed by atoms with Gasteiger partial charge in [-0.25, -0.2) is 4.79 Å². The van der Waals surface area contributed by atoms with Crippen LogP contribution in [0.2, 0.25) is 0 Å². The number of aromatic carboxylic acids is 1. The lowest BCUT2D eigenvalue weighted by Gasteiger charge is -2.02. The number of aromatic hydroxyl groups is 2. The van der Waals surface area contributed by atoms with Gasteiger partial charge in [0.25, 0.3) is 0 Å². The second-order valence-corrected chi connectivity index (χ2v) is 2.44. The van der Waals surface area contributed by atoms with Gasteiger partial charge in [-0.05, 0) is 19.1 Å². The van der Waals surface area contributed by atoms with Crippen LogP contribution in [0.1, 0.15) is 29.8 Å². The Hall–Kier alpha value is -1.71. The molecule has 14 heavy (non-hydrogen) atoms. The molecule has 0 atom stereocenters. The summed E-state index contributed by atoms with van der Waals surface area (Å²) in [5, 5.41) is 26.7. The van der Waals surface area contributed by atoms with Crippen molar-refractivity contribution in [2.24, 2.45) is 0 Å². The van der Waals surface area contributed by atoms with Crippen molar-refractivity contribution >= 4 is 5.97 Å². The molecule has 0 spiro atoms. The highest BCUT2D eigenvalue weighted by molar-refractivity contribution is 5.89. The van der Waals surface area contributed by atoms with Crippen molar-refractivity contribution in [2.45, 2.75) is 20.8 Å². The van der Waals surface area contributed by atoms with Gasteiger partial charge in [-0.15, -0.1) is 0 Å². The lowest BCUT2D eigenvalue weighted by molar-refractivity contribution is 0.0696. The number of carbonyl (C=O) groups is 1. The molecule has 0 aromatic heterocycles. The number of carboxylic acid groups (broad SMARTS) is 1. The lowest BCUT2D eigenvalue weighted by Crippen LogP contribution is -1.95. The molecule has 0 unspecified atom stereocenters. The van der Waals surface area contributed by atoms with Crippen LogP contribution in [-0.2, 0) is 0 Å². The van der Waals surface area contributed by atoms with Crippen LogP contribution in [0.4, 0.5) is 0 Å². The van der Waals surface area contributed by atoms with E-state index >= 15 is 0 Å². The summed E-state index contributed by atoms with van der Waals surface area (Å²) in [6, 6.07) is 2.19. The van der Waals surface area contributed by atoms with E-state index in [0.29, 0.717) is 0 Å². The molecule has 0 aliphatic heterocycles. The van der Waals surface area contributed by atoms with Crippen LogP contribution in [0.3, 0.4) is 0 Å². The molecule has 3 N–H and O–H groups in total. The third-order valence-electron chi connectivity index (χ3n) is 1.60. The molecule has 0 heterocycles. The minimum Gasteiger partial charge on any atom is -0.508 e. The third-order valence-corrected chi connectivity index (χ3v) is 1.60. The van der Waals surface area contributed by atoms with E-state index < -0.39 is 5.97 Å². The van der Waals surface area contributed by atoms with Gasteiger partial charge in [-0.2, -0.15) is 0 Å². The second kappa shape index (κ2) is 5.11. The molecule has 0 fully saturated rings. The first-order valence-corrected chi connectivity index (χ1v) is 4.28. The van der Waals surface area contributed by atoms with Crippen LogP contribution in [0.5, 0.6) is 11.5 Å². The summed E-state index contributed by atoms with van der Waals surface area (Å²) >= 11 is 0. The van der Waals surface area contributed by atoms with Crippen molar-refractivity contribution in [1.29, 1.82) is 0 Å². The van der Waals surface area contributed by atoms with Crippen molar-refractivity contribution in [3.8, 4) is 11.5 Å². The Morgan fingerprint density at radius 2 is 1.50 bits per heavy atom. The van der Waals surface area contributed by atoms with Crippen molar-refractivity contribution in [3.05, 3.63) is 23.3 Å². The van der Waals surface area contributed by atoms with Crippen molar-refractivity contribution in [3.63, 3.8) is 0 Å². The first-order valence-electron chi connectivity index (χ1n) is 4.28. The summed E-state index contributed by atoms with van der Waals surface area (Å²) in [5.41, 5.74) is 0.149. The van der Waals surface area contributed by atoms with Gasteiger partial charge < -0.3 is 15.3 Å². The zero-order valence-corrected chi connectivity index (χ0v) is 8.40. The fourth-order valence-corrected chi connectivity index (χ4v) is 0.807. The minimum atomic E-state index is -1.18. The fourth-order valence-electron chi connectivity index (χ4n) is 0.807. The summed E-state index contributed by atoms with van der Waals surface area (Å²) in [7, 11) is 0. The number of carboxylic acids is 1. The smallest absolute Gasteiger partial charge is 0.335 e. The van der Waals surface area contributed by atoms with Crippen LogP contribution in [0.25, 0.3) is 0 Å². The summed E-state index contributed by atoms with van der Waals surface area (Å²) in [6.07, 6.45) is 0. The fraction of sp³-hybridized carbons (Fsp3) is 0.300. The monoisotopic (exact) mass is 198 g/mol.